The number of rotatable bonds is 6. The standard InChI is InChI=1S/C23H29N5O4/c1-14(2)26-21-9-15(3)17(10-19(21)16(4)12-23(26,5)6)13-24-25-20-8-7-18(27(29)30)11-22(20)28(31)32/h7-11,13-14,16,25H,12H2,1-6H3/b24-13-/t16-/m0/s1. The Morgan fingerprint density at radius 2 is 1.88 bits per heavy atom. The molecule has 2 aromatic carbocycles. The zero-order valence-electron chi connectivity index (χ0n) is 19.2. The minimum Gasteiger partial charge on any atom is -0.364 e. The van der Waals surface area contributed by atoms with Crippen LogP contribution in [0.3, 0.4) is 0 Å². The van der Waals surface area contributed by atoms with Crippen molar-refractivity contribution in [3.05, 3.63) is 67.3 Å². The third-order valence-electron chi connectivity index (χ3n) is 5.96. The lowest BCUT2D eigenvalue weighted by molar-refractivity contribution is -0.393. The van der Waals surface area contributed by atoms with Gasteiger partial charge in [-0.15, -0.1) is 0 Å². The molecular weight excluding hydrogens is 410 g/mol. The van der Waals surface area contributed by atoms with Gasteiger partial charge in [0.25, 0.3) is 5.69 Å². The van der Waals surface area contributed by atoms with E-state index in [4.69, 9.17) is 0 Å². The maximum absolute atomic E-state index is 11.3. The maximum atomic E-state index is 11.3. The van der Waals surface area contributed by atoms with Crippen molar-refractivity contribution in [2.45, 2.75) is 65.5 Å². The SMILES string of the molecule is Cc1cc2c(cc1/C=N\Nc1ccc([N+](=O)[O-])cc1[N+](=O)[O-])[C@@H](C)CC(C)(C)N2C(C)C. The molecule has 1 N–H and O–H groups in total. The van der Waals surface area contributed by atoms with Crippen LogP contribution in [0.15, 0.2) is 35.4 Å². The fourth-order valence-corrected chi connectivity index (χ4v) is 4.78. The highest BCUT2D eigenvalue weighted by atomic mass is 16.6. The third kappa shape index (κ3) is 4.42. The average Bonchev–Trinajstić information content (AvgIpc) is 2.67. The first-order valence-corrected chi connectivity index (χ1v) is 10.6. The summed E-state index contributed by atoms with van der Waals surface area (Å²) in [6, 6.07) is 8.10. The fourth-order valence-electron chi connectivity index (χ4n) is 4.78. The zero-order valence-corrected chi connectivity index (χ0v) is 19.2. The lowest BCUT2D eigenvalue weighted by atomic mass is 9.78. The molecule has 0 radical (unpaired) electrons. The van der Waals surface area contributed by atoms with Gasteiger partial charge in [-0.2, -0.15) is 5.10 Å². The molecule has 1 aliphatic heterocycles. The Morgan fingerprint density at radius 1 is 1.19 bits per heavy atom. The number of hydrazone groups is 1. The molecule has 0 fully saturated rings. The van der Waals surface area contributed by atoms with Crippen molar-refractivity contribution in [2.75, 3.05) is 10.3 Å². The summed E-state index contributed by atoms with van der Waals surface area (Å²) in [6.07, 6.45) is 2.66. The smallest absolute Gasteiger partial charge is 0.301 e. The Morgan fingerprint density at radius 3 is 2.47 bits per heavy atom. The Hall–Kier alpha value is -3.49. The normalized spacial score (nSPS) is 17.5. The number of anilines is 2. The minimum atomic E-state index is -0.668. The second-order valence-electron chi connectivity index (χ2n) is 9.23. The summed E-state index contributed by atoms with van der Waals surface area (Å²) in [4.78, 5) is 23.3. The summed E-state index contributed by atoms with van der Waals surface area (Å²) >= 11 is 0. The van der Waals surface area contributed by atoms with E-state index in [0.717, 1.165) is 23.6 Å². The summed E-state index contributed by atoms with van der Waals surface area (Å²) in [6.45, 7) is 13.2. The molecule has 0 saturated heterocycles. The molecule has 32 heavy (non-hydrogen) atoms. The summed E-state index contributed by atoms with van der Waals surface area (Å²) in [7, 11) is 0. The molecule has 0 amide bonds. The van der Waals surface area contributed by atoms with Crippen LogP contribution in [0.25, 0.3) is 0 Å². The highest BCUT2D eigenvalue weighted by Gasteiger charge is 2.37. The second kappa shape index (κ2) is 8.57. The molecular formula is C23H29N5O4. The van der Waals surface area contributed by atoms with Crippen LogP contribution in [0, 0.1) is 27.2 Å². The first-order valence-electron chi connectivity index (χ1n) is 10.6. The Labute approximate surface area is 187 Å². The molecule has 0 spiro atoms. The average molecular weight is 440 g/mol. The van der Waals surface area contributed by atoms with E-state index >= 15 is 0 Å². The quantitative estimate of drug-likeness (QED) is 0.348. The van der Waals surface area contributed by atoms with Crippen molar-refractivity contribution in [1.29, 1.82) is 0 Å². The topological polar surface area (TPSA) is 114 Å². The number of hydrogen-bond donors (Lipinski definition) is 1. The van der Waals surface area contributed by atoms with E-state index in [1.54, 1.807) is 6.21 Å². The molecule has 1 aliphatic rings. The van der Waals surface area contributed by atoms with Crippen LogP contribution in [-0.4, -0.2) is 27.6 Å². The Kier molecular flexibility index (Phi) is 6.20. The van der Waals surface area contributed by atoms with E-state index in [0.29, 0.717) is 12.0 Å². The van der Waals surface area contributed by atoms with Crippen molar-refractivity contribution in [1.82, 2.24) is 0 Å². The number of hydrogen-bond acceptors (Lipinski definition) is 7. The molecule has 3 rings (SSSR count). The van der Waals surface area contributed by atoms with Gasteiger partial charge in [0.2, 0.25) is 0 Å². The van der Waals surface area contributed by atoms with Crippen LogP contribution in [0.4, 0.5) is 22.7 Å². The largest absolute Gasteiger partial charge is 0.364 e. The molecule has 9 heteroatoms. The molecule has 0 bridgehead atoms. The van der Waals surface area contributed by atoms with E-state index in [1.807, 2.05) is 6.92 Å². The maximum Gasteiger partial charge on any atom is 0.301 e. The summed E-state index contributed by atoms with van der Waals surface area (Å²) < 4.78 is 0. The summed E-state index contributed by atoms with van der Waals surface area (Å²) in [5.41, 5.74) is 6.51. The minimum absolute atomic E-state index is 0.0546. The number of fused-ring (bicyclic) bond motifs is 1. The van der Waals surface area contributed by atoms with Gasteiger partial charge in [-0.3, -0.25) is 25.7 Å². The molecule has 0 unspecified atom stereocenters. The van der Waals surface area contributed by atoms with Gasteiger partial charge < -0.3 is 4.90 Å². The monoisotopic (exact) mass is 439 g/mol. The van der Waals surface area contributed by atoms with Crippen molar-refractivity contribution < 1.29 is 9.85 Å². The van der Waals surface area contributed by atoms with Gasteiger partial charge >= 0.3 is 5.69 Å². The molecule has 0 aromatic heterocycles. The first kappa shape index (κ1) is 23.2. The number of non-ortho nitro benzene ring substituents is 1. The molecule has 170 valence electrons. The van der Waals surface area contributed by atoms with Crippen LogP contribution < -0.4 is 10.3 Å². The van der Waals surface area contributed by atoms with Gasteiger partial charge in [0.1, 0.15) is 5.69 Å². The summed E-state index contributed by atoms with van der Waals surface area (Å²) in [5, 5.41) is 26.4. The molecule has 2 aromatic rings. The van der Waals surface area contributed by atoms with Crippen LogP contribution in [0.1, 0.15) is 63.6 Å². The van der Waals surface area contributed by atoms with E-state index in [2.05, 4.69) is 62.2 Å². The van der Waals surface area contributed by atoms with Crippen LogP contribution in [0.5, 0.6) is 0 Å². The van der Waals surface area contributed by atoms with Crippen molar-refractivity contribution in [3.8, 4) is 0 Å². The van der Waals surface area contributed by atoms with Gasteiger partial charge in [-0.25, -0.2) is 0 Å². The van der Waals surface area contributed by atoms with Gasteiger partial charge in [0.05, 0.1) is 22.1 Å². The van der Waals surface area contributed by atoms with Crippen molar-refractivity contribution in [3.63, 3.8) is 0 Å². The van der Waals surface area contributed by atoms with E-state index in [9.17, 15) is 20.2 Å². The number of nitro benzene ring substituents is 2. The van der Waals surface area contributed by atoms with E-state index in [-0.39, 0.29) is 16.9 Å². The molecule has 1 heterocycles. The Balaban J connectivity index is 1.92. The number of nitro groups is 2. The molecule has 1 atom stereocenters. The van der Waals surface area contributed by atoms with Crippen LogP contribution in [0.2, 0.25) is 0 Å². The highest BCUT2D eigenvalue weighted by molar-refractivity contribution is 5.85. The van der Waals surface area contributed by atoms with Gasteiger partial charge in [-0.1, -0.05) is 6.92 Å². The van der Waals surface area contributed by atoms with E-state index < -0.39 is 15.5 Å². The lowest BCUT2D eigenvalue weighted by Crippen LogP contribution is -2.51. The number of nitrogens with one attached hydrogen (secondary N) is 1. The predicted molar refractivity (Wildman–Crippen MR) is 127 cm³/mol. The highest BCUT2D eigenvalue weighted by Crippen LogP contribution is 2.45. The predicted octanol–water partition coefficient (Wildman–Crippen LogP) is 5.76. The zero-order chi connectivity index (χ0) is 23.8. The van der Waals surface area contributed by atoms with Gasteiger partial charge in [0, 0.05) is 23.3 Å². The lowest BCUT2D eigenvalue weighted by Gasteiger charge is -2.50. The number of aryl methyl sites for hydroxylation is 1. The molecule has 0 aliphatic carbocycles. The molecule has 0 saturated carbocycles. The second-order valence-corrected chi connectivity index (χ2v) is 9.23. The summed E-state index contributed by atoms with van der Waals surface area (Å²) in [5.74, 6) is 0.381. The Bertz CT molecular complexity index is 1090. The fraction of sp³-hybridized carbons (Fsp3) is 0.435. The van der Waals surface area contributed by atoms with Gasteiger partial charge in [0.15, 0.2) is 0 Å². The third-order valence-corrected chi connectivity index (χ3v) is 5.96. The van der Waals surface area contributed by atoms with Crippen LogP contribution in [-0.2, 0) is 0 Å². The van der Waals surface area contributed by atoms with E-state index in [1.165, 1.54) is 23.4 Å². The van der Waals surface area contributed by atoms with Crippen molar-refractivity contribution >= 4 is 29.0 Å². The van der Waals surface area contributed by atoms with Crippen LogP contribution >= 0.6 is 0 Å². The van der Waals surface area contributed by atoms with Crippen molar-refractivity contribution in [2.24, 2.45) is 5.10 Å². The number of nitrogens with zero attached hydrogens (tertiary/aromatic N) is 4. The van der Waals surface area contributed by atoms with Gasteiger partial charge in [-0.05, 0) is 81.8 Å². The number of benzene rings is 2. The first-order chi connectivity index (χ1) is 14.9. The molecule has 9 nitrogen and oxygen atoms in total.